The van der Waals surface area contributed by atoms with Crippen molar-refractivity contribution in [3.05, 3.63) is 48.6 Å². The van der Waals surface area contributed by atoms with Gasteiger partial charge in [-0.15, -0.1) is 19.2 Å². The molecule has 0 bridgehead atoms. The molecule has 2 N–H and O–H groups in total. The molecule has 0 heterocycles. The average Bonchev–Trinajstić information content (AvgIpc) is 2.15. The van der Waals surface area contributed by atoms with Gasteiger partial charge >= 0.3 is 0 Å². The summed E-state index contributed by atoms with van der Waals surface area (Å²) in [7, 11) is 0. The summed E-state index contributed by atoms with van der Waals surface area (Å²) < 4.78 is 0. The number of rotatable bonds is 3. The van der Waals surface area contributed by atoms with Crippen LogP contribution in [0.1, 0.15) is 11.6 Å². The van der Waals surface area contributed by atoms with Gasteiger partial charge in [0.1, 0.15) is 0 Å². The van der Waals surface area contributed by atoms with Gasteiger partial charge in [0, 0.05) is 0 Å². The van der Waals surface area contributed by atoms with E-state index in [1.165, 1.54) is 0 Å². The molecule has 0 aliphatic heterocycles. The number of nitrogens with zero attached hydrogens (tertiary/aromatic N) is 1. The molecule has 3 heteroatoms. The summed E-state index contributed by atoms with van der Waals surface area (Å²) in [5, 5.41) is 0.272. The zero-order valence-electron chi connectivity index (χ0n) is 7.22. The molecule has 68 valence electrons. The third-order valence-electron chi connectivity index (χ3n) is 1.64. The number of hydrogen-bond donors (Lipinski definition) is 2. The maximum Gasteiger partial charge on any atom is 0.151 e. The van der Waals surface area contributed by atoms with Crippen molar-refractivity contribution in [1.29, 1.82) is 0 Å². The van der Waals surface area contributed by atoms with Crippen LogP contribution >= 0.6 is 12.6 Å². The number of benzene rings is 1. The molecule has 0 amide bonds. The number of aliphatic imine (C=N–C) groups is 1. The fourth-order valence-corrected chi connectivity index (χ4v) is 1.18. The van der Waals surface area contributed by atoms with Crippen LogP contribution in [0.15, 0.2) is 48.0 Å². The molecule has 0 fully saturated rings. The third kappa shape index (κ3) is 2.95. The molecule has 0 radical (unpaired) electrons. The normalized spacial score (nSPS) is 13.8. The molecule has 0 aliphatic rings. The second kappa shape index (κ2) is 4.72. The van der Waals surface area contributed by atoms with Crippen LogP contribution in [0, 0.1) is 0 Å². The van der Waals surface area contributed by atoms with Crippen LogP contribution < -0.4 is 5.73 Å². The van der Waals surface area contributed by atoms with Crippen molar-refractivity contribution < 1.29 is 0 Å². The van der Waals surface area contributed by atoms with E-state index < -0.39 is 0 Å². The SMILES string of the molecule is C=CC(N=C(N)S)c1ccccc1. The molecule has 1 rings (SSSR count). The molecule has 1 unspecified atom stereocenters. The second-order valence-electron chi connectivity index (χ2n) is 2.58. The van der Waals surface area contributed by atoms with Gasteiger partial charge in [0.15, 0.2) is 5.17 Å². The van der Waals surface area contributed by atoms with Gasteiger partial charge in [0.25, 0.3) is 0 Å². The molecule has 13 heavy (non-hydrogen) atoms. The van der Waals surface area contributed by atoms with E-state index in [4.69, 9.17) is 5.73 Å². The van der Waals surface area contributed by atoms with Gasteiger partial charge < -0.3 is 5.73 Å². The minimum absolute atomic E-state index is 0.0984. The Morgan fingerprint density at radius 2 is 2.08 bits per heavy atom. The van der Waals surface area contributed by atoms with Crippen LogP contribution in [-0.2, 0) is 0 Å². The van der Waals surface area contributed by atoms with Crippen LogP contribution in [-0.4, -0.2) is 5.17 Å². The lowest BCUT2D eigenvalue weighted by Crippen LogP contribution is -2.04. The van der Waals surface area contributed by atoms with Gasteiger partial charge in [-0.25, -0.2) is 0 Å². The quantitative estimate of drug-likeness (QED) is 0.327. The Labute approximate surface area is 83.6 Å². The average molecular weight is 192 g/mol. The largest absolute Gasteiger partial charge is 0.379 e. The Kier molecular flexibility index (Phi) is 3.58. The molecule has 1 aromatic carbocycles. The molecule has 2 nitrogen and oxygen atoms in total. The lowest BCUT2D eigenvalue weighted by atomic mass is 10.1. The number of nitrogens with two attached hydrogens (primary N) is 1. The van der Waals surface area contributed by atoms with Crippen molar-refractivity contribution in [3.8, 4) is 0 Å². The number of hydrogen-bond acceptors (Lipinski definition) is 1. The molecule has 0 aliphatic carbocycles. The molecule has 0 saturated carbocycles. The lowest BCUT2D eigenvalue weighted by Gasteiger charge is -2.06. The van der Waals surface area contributed by atoms with E-state index in [-0.39, 0.29) is 11.2 Å². The van der Waals surface area contributed by atoms with E-state index >= 15 is 0 Å². The van der Waals surface area contributed by atoms with Crippen LogP contribution in [0.5, 0.6) is 0 Å². The fourth-order valence-electron chi connectivity index (χ4n) is 1.06. The van der Waals surface area contributed by atoms with Gasteiger partial charge in [-0.2, -0.15) is 0 Å². The maximum absolute atomic E-state index is 5.37. The van der Waals surface area contributed by atoms with E-state index in [9.17, 15) is 0 Å². The Hall–Kier alpha value is -1.22. The van der Waals surface area contributed by atoms with E-state index in [0.29, 0.717) is 0 Å². The zero-order chi connectivity index (χ0) is 9.68. The van der Waals surface area contributed by atoms with Gasteiger partial charge in [-0.05, 0) is 5.56 Å². The highest BCUT2D eigenvalue weighted by Gasteiger charge is 2.03. The third-order valence-corrected chi connectivity index (χ3v) is 1.75. The highest BCUT2D eigenvalue weighted by Crippen LogP contribution is 2.17. The first-order valence-corrected chi connectivity index (χ1v) is 4.38. The molecule has 1 atom stereocenters. The van der Waals surface area contributed by atoms with E-state index in [1.807, 2.05) is 30.3 Å². The minimum Gasteiger partial charge on any atom is -0.379 e. The van der Waals surface area contributed by atoms with E-state index in [1.54, 1.807) is 6.08 Å². The van der Waals surface area contributed by atoms with Crippen molar-refractivity contribution in [2.24, 2.45) is 10.7 Å². The van der Waals surface area contributed by atoms with Gasteiger partial charge in [0.05, 0.1) is 6.04 Å². The van der Waals surface area contributed by atoms with Gasteiger partial charge in [0.2, 0.25) is 0 Å². The first-order valence-electron chi connectivity index (χ1n) is 3.94. The summed E-state index contributed by atoms with van der Waals surface area (Å²) in [6.07, 6.45) is 1.73. The molecular weight excluding hydrogens is 180 g/mol. The first kappa shape index (κ1) is 9.86. The number of thiol groups is 1. The standard InChI is InChI=1S/C10H12N2S/c1-2-9(12-10(11)13)8-6-4-3-5-7-8/h2-7,9H,1H2,(H3,11,12,13). The summed E-state index contributed by atoms with van der Waals surface area (Å²) in [6, 6.07) is 9.72. The molecule has 0 saturated heterocycles. The summed E-state index contributed by atoms with van der Waals surface area (Å²) >= 11 is 3.92. The summed E-state index contributed by atoms with van der Waals surface area (Å²) in [4.78, 5) is 4.11. The lowest BCUT2D eigenvalue weighted by molar-refractivity contribution is 0.917. The van der Waals surface area contributed by atoms with Gasteiger partial charge in [-0.3, -0.25) is 4.99 Å². The van der Waals surface area contributed by atoms with Crippen molar-refractivity contribution in [1.82, 2.24) is 0 Å². The van der Waals surface area contributed by atoms with Crippen LogP contribution in [0.4, 0.5) is 0 Å². The smallest absolute Gasteiger partial charge is 0.151 e. The van der Waals surface area contributed by atoms with Gasteiger partial charge in [-0.1, -0.05) is 36.4 Å². The summed E-state index contributed by atoms with van der Waals surface area (Å²) in [5.74, 6) is 0. The van der Waals surface area contributed by atoms with Crippen molar-refractivity contribution >= 4 is 17.8 Å². The Morgan fingerprint density at radius 3 is 2.54 bits per heavy atom. The van der Waals surface area contributed by atoms with Crippen LogP contribution in [0.25, 0.3) is 0 Å². The predicted octanol–water partition coefficient (Wildman–Crippen LogP) is 2.16. The molecule has 0 spiro atoms. The summed E-state index contributed by atoms with van der Waals surface area (Å²) in [5.41, 5.74) is 6.44. The van der Waals surface area contributed by atoms with E-state index in [0.717, 1.165) is 5.56 Å². The predicted molar refractivity (Wildman–Crippen MR) is 60.0 cm³/mol. The topological polar surface area (TPSA) is 38.4 Å². The fraction of sp³-hybridized carbons (Fsp3) is 0.100. The monoisotopic (exact) mass is 192 g/mol. The van der Waals surface area contributed by atoms with Crippen molar-refractivity contribution in [2.75, 3.05) is 0 Å². The first-order chi connectivity index (χ1) is 6.24. The summed E-state index contributed by atoms with van der Waals surface area (Å²) in [6.45, 7) is 3.69. The Balaban J connectivity index is 2.92. The second-order valence-corrected chi connectivity index (χ2v) is 3.04. The number of amidine groups is 1. The van der Waals surface area contributed by atoms with Crippen molar-refractivity contribution in [3.63, 3.8) is 0 Å². The molecule has 0 aromatic heterocycles. The van der Waals surface area contributed by atoms with Crippen LogP contribution in [0.2, 0.25) is 0 Å². The van der Waals surface area contributed by atoms with Crippen LogP contribution in [0.3, 0.4) is 0 Å². The zero-order valence-corrected chi connectivity index (χ0v) is 8.11. The highest BCUT2D eigenvalue weighted by atomic mass is 32.1. The minimum atomic E-state index is -0.0984. The maximum atomic E-state index is 5.37. The Bertz CT molecular complexity index is 302. The Morgan fingerprint density at radius 1 is 1.46 bits per heavy atom. The molecular formula is C10H12N2S. The molecule has 1 aromatic rings. The van der Waals surface area contributed by atoms with Crippen molar-refractivity contribution in [2.45, 2.75) is 6.04 Å². The highest BCUT2D eigenvalue weighted by molar-refractivity contribution is 7.96. The van der Waals surface area contributed by atoms with E-state index in [2.05, 4.69) is 24.2 Å².